The Bertz CT molecular complexity index is 609. The molecule has 1 aliphatic heterocycles. The number of rotatable bonds is 5. The van der Waals surface area contributed by atoms with Crippen LogP contribution in [0, 0.1) is 0 Å². The summed E-state index contributed by atoms with van der Waals surface area (Å²) in [6, 6.07) is 3.50. The molecule has 0 amide bonds. The van der Waals surface area contributed by atoms with E-state index in [1.807, 2.05) is 11.5 Å². The molecule has 0 saturated heterocycles. The molecule has 0 spiro atoms. The third kappa shape index (κ3) is 2.30. The average Bonchev–Trinajstić information content (AvgIpc) is 3.11. The fourth-order valence-electron chi connectivity index (χ4n) is 2.13. The van der Waals surface area contributed by atoms with Gasteiger partial charge < -0.3 is 23.9 Å². The third-order valence-electron chi connectivity index (χ3n) is 3.24. The van der Waals surface area contributed by atoms with Crippen molar-refractivity contribution in [1.29, 1.82) is 0 Å². The molecule has 2 aromatic rings. The van der Waals surface area contributed by atoms with Crippen molar-refractivity contribution in [1.82, 2.24) is 9.55 Å². The highest BCUT2D eigenvalue weighted by Gasteiger charge is 2.18. The molecule has 106 valence electrons. The maximum absolute atomic E-state index is 9.41. The molecule has 6 heteroatoms. The Hall–Kier alpha value is -2.21. The molecular formula is C14H16N2O4. The van der Waals surface area contributed by atoms with Crippen molar-refractivity contribution < 1.29 is 19.3 Å². The Kier molecular flexibility index (Phi) is 3.47. The zero-order valence-electron chi connectivity index (χ0n) is 11.2. The summed E-state index contributed by atoms with van der Waals surface area (Å²) in [4.78, 5) is 4.09. The van der Waals surface area contributed by atoms with Gasteiger partial charge in [-0.05, 0) is 13.0 Å². The summed E-state index contributed by atoms with van der Waals surface area (Å²) in [5.41, 5.74) is 1.66. The predicted molar refractivity (Wildman–Crippen MR) is 70.7 cm³/mol. The molecule has 1 N–H and O–H groups in total. The summed E-state index contributed by atoms with van der Waals surface area (Å²) >= 11 is 0. The van der Waals surface area contributed by atoms with Gasteiger partial charge in [0.05, 0.1) is 24.8 Å². The minimum atomic E-state index is -0.112. The van der Waals surface area contributed by atoms with Crippen molar-refractivity contribution in [3.63, 3.8) is 0 Å². The third-order valence-corrected chi connectivity index (χ3v) is 3.24. The smallest absolute Gasteiger partial charge is 0.231 e. The van der Waals surface area contributed by atoms with Crippen LogP contribution in [0.3, 0.4) is 0 Å². The Labute approximate surface area is 116 Å². The first-order valence-electron chi connectivity index (χ1n) is 6.47. The monoisotopic (exact) mass is 276 g/mol. The lowest BCUT2D eigenvalue weighted by atomic mass is 10.2. The Morgan fingerprint density at radius 3 is 2.90 bits per heavy atom. The number of ether oxygens (including phenoxy) is 3. The minimum absolute atomic E-state index is 0.112. The molecule has 0 atom stereocenters. The minimum Gasteiger partial charge on any atom is -0.487 e. The quantitative estimate of drug-likeness (QED) is 0.900. The van der Waals surface area contributed by atoms with Crippen molar-refractivity contribution in [2.45, 2.75) is 26.7 Å². The SMILES string of the molecule is CCn1cncc1COc1cc2c(cc1CO)OCO2. The van der Waals surface area contributed by atoms with Crippen LogP contribution < -0.4 is 14.2 Å². The van der Waals surface area contributed by atoms with E-state index in [-0.39, 0.29) is 13.4 Å². The highest BCUT2D eigenvalue weighted by atomic mass is 16.7. The summed E-state index contributed by atoms with van der Waals surface area (Å²) in [5.74, 6) is 1.88. The highest BCUT2D eigenvalue weighted by molar-refractivity contribution is 5.51. The van der Waals surface area contributed by atoms with E-state index >= 15 is 0 Å². The van der Waals surface area contributed by atoms with Crippen LogP contribution in [-0.4, -0.2) is 21.5 Å². The van der Waals surface area contributed by atoms with E-state index in [1.165, 1.54) is 0 Å². The molecule has 0 unspecified atom stereocenters. The number of hydrogen-bond acceptors (Lipinski definition) is 5. The molecule has 1 aromatic heterocycles. The Balaban J connectivity index is 1.80. The van der Waals surface area contributed by atoms with Gasteiger partial charge in [-0.25, -0.2) is 4.98 Å². The molecule has 1 aromatic carbocycles. The summed E-state index contributed by atoms with van der Waals surface area (Å²) in [5, 5.41) is 9.41. The number of aryl methyl sites for hydroxylation is 1. The van der Waals surface area contributed by atoms with Gasteiger partial charge in [-0.3, -0.25) is 0 Å². The zero-order chi connectivity index (χ0) is 13.9. The molecule has 0 bridgehead atoms. The van der Waals surface area contributed by atoms with Crippen LogP contribution in [0.2, 0.25) is 0 Å². The van der Waals surface area contributed by atoms with E-state index in [4.69, 9.17) is 14.2 Å². The number of benzene rings is 1. The van der Waals surface area contributed by atoms with E-state index in [0.717, 1.165) is 12.2 Å². The lowest BCUT2D eigenvalue weighted by Crippen LogP contribution is -2.05. The second-order valence-corrected chi connectivity index (χ2v) is 4.43. The molecule has 0 radical (unpaired) electrons. The van der Waals surface area contributed by atoms with Gasteiger partial charge in [-0.15, -0.1) is 0 Å². The van der Waals surface area contributed by atoms with E-state index in [2.05, 4.69) is 4.98 Å². The molecule has 0 saturated carbocycles. The lowest BCUT2D eigenvalue weighted by molar-refractivity contribution is 0.173. The van der Waals surface area contributed by atoms with Crippen LogP contribution in [-0.2, 0) is 19.8 Å². The number of fused-ring (bicyclic) bond motifs is 1. The van der Waals surface area contributed by atoms with Gasteiger partial charge in [-0.1, -0.05) is 0 Å². The number of nitrogens with zero attached hydrogens (tertiary/aromatic N) is 2. The van der Waals surface area contributed by atoms with Crippen LogP contribution in [0.5, 0.6) is 17.2 Å². The van der Waals surface area contributed by atoms with Crippen molar-refractivity contribution in [3.8, 4) is 17.2 Å². The fourth-order valence-corrected chi connectivity index (χ4v) is 2.13. The van der Waals surface area contributed by atoms with E-state index in [0.29, 0.717) is 29.4 Å². The van der Waals surface area contributed by atoms with Crippen molar-refractivity contribution >= 4 is 0 Å². The van der Waals surface area contributed by atoms with Gasteiger partial charge in [0.2, 0.25) is 6.79 Å². The van der Waals surface area contributed by atoms with Crippen molar-refractivity contribution in [2.24, 2.45) is 0 Å². The largest absolute Gasteiger partial charge is 0.487 e. The standard InChI is InChI=1S/C14H16N2O4/c1-2-16-8-15-5-11(16)7-18-12-4-14-13(19-9-20-14)3-10(12)6-17/h3-5,8,17H,2,6-7,9H2,1H3. The second kappa shape index (κ2) is 5.42. The number of aliphatic hydroxyl groups is 1. The molecule has 1 aliphatic rings. The number of hydrogen-bond donors (Lipinski definition) is 1. The van der Waals surface area contributed by atoms with Crippen molar-refractivity contribution in [3.05, 3.63) is 35.9 Å². The fraction of sp³-hybridized carbons (Fsp3) is 0.357. The normalized spacial score (nSPS) is 12.7. The Morgan fingerprint density at radius 1 is 1.35 bits per heavy atom. The van der Waals surface area contributed by atoms with Gasteiger partial charge in [0.1, 0.15) is 12.4 Å². The van der Waals surface area contributed by atoms with Gasteiger partial charge in [0, 0.05) is 18.2 Å². The van der Waals surface area contributed by atoms with Crippen LogP contribution in [0.25, 0.3) is 0 Å². The topological polar surface area (TPSA) is 65.7 Å². The predicted octanol–water partition coefficient (Wildman–Crippen LogP) is 1.70. The van der Waals surface area contributed by atoms with E-state index < -0.39 is 0 Å². The van der Waals surface area contributed by atoms with Gasteiger partial charge in [-0.2, -0.15) is 0 Å². The second-order valence-electron chi connectivity index (χ2n) is 4.43. The first-order valence-corrected chi connectivity index (χ1v) is 6.47. The van der Waals surface area contributed by atoms with Crippen molar-refractivity contribution in [2.75, 3.05) is 6.79 Å². The Morgan fingerprint density at radius 2 is 2.15 bits per heavy atom. The highest BCUT2D eigenvalue weighted by Crippen LogP contribution is 2.38. The maximum Gasteiger partial charge on any atom is 0.231 e. The first-order chi connectivity index (χ1) is 9.81. The molecule has 0 aliphatic carbocycles. The number of aromatic nitrogens is 2. The van der Waals surface area contributed by atoms with Crippen LogP contribution in [0.4, 0.5) is 0 Å². The van der Waals surface area contributed by atoms with Crippen LogP contribution >= 0.6 is 0 Å². The van der Waals surface area contributed by atoms with Crippen LogP contribution in [0.15, 0.2) is 24.7 Å². The molecule has 0 fully saturated rings. The summed E-state index contributed by atoms with van der Waals surface area (Å²) in [6.07, 6.45) is 3.54. The zero-order valence-corrected chi connectivity index (χ0v) is 11.2. The molecule has 20 heavy (non-hydrogen) atoms. The lowest BCUT2D eigenvalue weighted by Gasteiger charge is -2.12. The number of imidazole rings is 1. The first kappa shape index (κ1) is 12.8. The van der Waals surface area contributed by atoms with Gasteiger partial charge >= 0.3 is 0 Å². The molecule has 2 heterocycles. The van der Waals surface area contributed by atoms with E-state index in [9.17, 15) is 5.11 Å². The molecule has 3 rings (SSSR count). The summed E-state index contributed by atoms with van der Waals surface area (Å²) in [7, 11) is 0. The van der Waals surface area contributed by atoms with Gasteiger partial charge in [0.25, 0.3) is 0 Å². The van der Waals surface area contributed by atoms with Crippen LogP contribution in [0.1, 0.15) is 18.2 Å². The van der Waals surface area contributed by atoms with E-state index in [1.54, 1.807) is 24.7 Å². The average molecular weight is 276 g/mol. The van der Waals surface area contributed by atoms with Gasteiger partial charge in [0.15, 0.2) is 11.5 Å². The molecular weight excluding hydrogens is 260 g/mol. The molecule has 6 nitrogen and oxygen atoms in total. The summed E-state index contributed by atoms with van der Waals surface area (Å²) in [6.45, 7) is 3.36. The summed E-state index contributed by atoms with van der Waals surface area (Å²) < 4.78 is 18.4. The maximum atomic E-state index is 9.41. The number of aliphatic hydroxyl groups excluding tert-OH is 1.